The molecule has 16 heavy (non-hydrogen) atoms. The van der Waals surface area contributed by atoms with E-state index in [2.05, 4.69) is 10.3 Å². The van der Waals surface area contributed by atoms with Crippen LogP contribution in [0, 0.1) is 0 Å². The number of aliphatic hydroxyl groups excluding tert-OH is 1. The largest absolute Gasteiger partial charge is 0.390 e. The summed E-state index contributed by atoms with van der Waals surface area (Å²) in [6.45, 7) is 0.785. The van der Waals surface area contributed by atoms with E-state index >= 15 is 0 Å². The van der Waals surface area contributed by atoms with E-state index in [-0.39, 0.29) is 12.6 Å². The molecule has 1 atom stereocenters. The van der Waals surface area contributed by atoms with Crippen LogP contribution in [0.1, 0.15) is 18.2 Å². The molecule has 2 rings (SSSR count). The Balaban J connectivity index is 2.09. The number of aromatic nitrogens is 3. The Labute approximate surface area is 93.7 Å². The van der Waals surface area contributed by atoms with Gasteiger partial charge in [0.1, 0.15) is 5.69 Å². The fourth-order valence-corrected chi connectivity index (χ4v) is 2.67. The number of sulfonamides is 1. The molecule has 1 aromatic heterocycles. The second-order valence-electron chi connectivity index (χ2n) is 3.91. The quantitative estimate of drug-likeness (QED) is 0.737. The average Bonchev–Trinajstić information content (AvgIpc) is 2.85. The molecule has 0 radical (unpaired) electrons. The van der Waals surface area contributed by atoms with Gasteiger partial charge in [0.05, 0.1) is 25.1 Å². The summed E-state index contributed by atoms with van der Waals surface area (Å²) < 4.78 is 25.7. The molecule has 1 aromatic rings. The Morgan fingerprint density at radius 3 is 2.88 bits per heavy atom. The van der Waals surface area contributed by atoms with E-state index in [0.29, 0.717) is 18.8 Å². The molecule has 0 aromatic carbocycles. The van der Waals surface area contributed by atoms with E-state index in [0.717, 1.165) is 6.42 Å². The van der Waals surface area contributed by atoms with Crippen molar-refractivity contribution >= 4 is 10.0 Å². The third-order valence-corrected chi connectivity index (χ3v) is 3.96. The zero-order valence-corrected chi connectivity index (χ0v) is 9.76. The first-order chi connectivity index (χ1) is 7.50. The molecule has 0 aliphatic carbocycles. The maximum absolute atomic E-state index is 11.3. The number of nitrogens with zero attached hydrogens (tertiary/aromatic N) is 4. The lowest BCUT2D eigenvalue weighted by atomic mass is 10.3. The summed E-state index contributed by atoms with van der Waals surface area (Å²) in [6, 6.07) is 0.0162. The first-order valence-corrected chi connectivity index (χ1v) is 6.82. The summed E-state index contributed by atoms with van der Waals surface area (Å²) in [6.07, 6.45) is 3.58. The van der Waals surface area contributed by atoms with Crippen LogP contribution in [0.4, 0.5) is 0 Å². The van der Waals surface area contributed by atoms with Crippen molar-refractivity contribution in [3.63, 3.8) is 0 Å². The highest BCUT2D eigenvalue weighted by atomic mass is 32.2. The predicted octanol–water partition coefficient (Wildman–Crippen LogP) is -1.02. The van der Waals surface area contributed by atoms with Crippen LogP contribution in [0.15, 0.2) is 6.20 Å². The van der Waals surface area contributed by atoms with Crippen LogP contribution in [0.2, 0.25) is 0 Å². The lowest BCUT2D eigenvalue weighted by Crippen LogP contribution is -2.28. The Morgan fingerprint density at radius 2 is 2.38 bits per heavy atom. The topological polar surface area (TPSA) is 88.3 Å². The first kappa shape index (κ1) is 11.5. The van der Waals surface area contributed by atoms with Gasteiger partial charge in [0.2, 0.25) is 10.0 Å². The van der Waals surface area contributed by atoms with Gasteiger partial charge in [0, 0.05) is 13.1 Å². The fraction of sp³-hybridized carbons (Fsp3) is 0.750. The second kappa shape index (κ2) is 4.11. The van der Waals surface area contributed by atoms with Crippen molar-refractivity contribution in [2.24, 2.45) is 0 Å². The van der Waals surface area contributed by atoms with E-state index < -0.39 is 10.0 Å². The van der Waals surface area contributed by atoms with Gasteiger partial charge in [-0.15, -0.1) is 5.10 Å². The highest BCUT2D eigenvalue weighted by Crippen LogP contribution is 2.22. The number of aliphatic hydroxyl groups is 1. The molecule has 1 saturated heterocycles. The highest BCUT2D eigenvalue weighted by Gasteiger charge is 2.30. The minimum Gasteiger partial charge on any atom is -0.390 e. The molecule has 0 unspecified atom stereocenters. The molecule has 1 fully saturated rings. The van der Waals surface area contributed by atoms with Crippen LogP contribution in [0.25, 0.3) is 0 Å². The van der Waals surface area contributed by atoms with E-state index in [1.807, 2.05) is 0 Å². The highest BCUT2D eigenvalue weighted by molar-refractivity contribution is 7.88. The normalized spacial score (nSPS) is 22.8. The molecule has 0 bridgehead atoms. The second-order valence-corrected chi connectivity index (χ2v) is 5.89. The first-order valence-electron chi connectivity index (χ1n) is 4.97. The maximum atomic E-state index is 11.3. The van der Waals surface area contributed by atoms with E-state index in [9.17, 15) is 8.42 Å². The van der Waals surface area contributed by atoms with Gasteiger partial charge in [-0.05, 0) is 6.42 Å². The monoisotopic (exact) mass is 246 g/mol. The summed E-state index contributed by atoms with van der Waals surface area (Å²) >= 11 is 0. The minimum absolute atomic E-state index is 0.0162. The molecule has 0 saturated carbocycles. The SMILES string of the molecule is CS(=O)(=O)N1CC[C@@H](n2cc(CO)nn2)C1. The molecule has 1 aliphatic heterocycles. The van der Waals surface area contributed by atoms with E-state index in [1.54, 1.807) is 10.9 Å². The van der Waals surface area contributed by atoms with Crippen LogP contribution in [0.3, 0.4) is 0 Å². The van der Waals surface area contributed by atoms with Crippen LogP contribution in [-0.4, -0.2) is 52.2 Å². The molecule has 1 N–H and O–H groups in total. The fourth-order valence-electron chi connectivity index (χ4n) is 1.79. The standard InChI is InChI=1S/C8H14N4O3S/c1-16(14,15)11-3-2-8(5-11)12-4-7(6-13)9-10-12/h4,8,13H,2-3,5-6H2,1H3/t8-/m1/s1. The molecule has 0 spiro atoms. The van der Waals surface area contributed by atoms with Crippen molar-refractivity contribution in [1.29, 1.82) is 0 Å². The zero-order chi connectivity index (χ0) is 11.8. The van der Waals surface area contributed by atoms with Crippen LogP contribution in [-0.2, 0) is 16.6 Å². The Kier molecular flexibility index (Phi) is 2.96. The predicted molar refractivity (Wildman–Crippen MR) is 56.0 cm³/mol. The van der Waals surface area contributed by atoms with Crippen molar-refractivity contribution < 1.29 is 13.5 Å². The third-order valence-electron chi connectivity index (χ3n) is 2.69. The summed E-state index contributed by atoms with van der Waals surface area (Å²) in [4.78, 5) is 0. The molecule has 1 aliphatic rings. The molecule has 8 heteroatoms. The maximum Gasteiger partial charge on any atom is 0.211 e. The lowest BCUT2D eigenvalue weighted by Gasteiger charge is -2.12. The Hall–Kier alpha value is -0.990. The molecular weight excluding hydrogens is 232 g/mol. The number of hydrogen-bond donors (Lipinski definition) is 1. The van der Waals surface area contributed by atoms with Crippen molar-refractivity contribution in [3.8, 4) is 0 Å². The molecule has 7 nitrogen and oxygen atoms in total. The van der Waals surface area contributed by atoms with Gasteiger partial charge < -0.3 is 5.11 Å². The van der Waals surface area contributed by atoms with Gasteiger partial charge in [0.15, 0.2) is 0 Å². The average molecular weight is 246 g/mol. The summed E-state index contributed by atoms with van der Waals surface area (Å²) in [5.74, 6) is 0. The third kappa shape index (κ3) is 2.23. The van der Waals surface area contributed by atoms with Crippen molar-refractivity contribution in [3.05, 3.63) is 11.9 Å². The van der Waals surface area contributed by atoms with E-state index in [1.165, 1.54) is 10.6 Å². The summed E-state index contributed by atoms with van der Waals surface area (Å²) in [7, 11) is -3.12. The van der Waals surface area contributed by atoms with E-state index in [4.69, 9.17) is 5.11 Å². The molecule has 2 heterocycles. The summed E-state index contributed by atoms with van der Waals surface area (Å²) in [5, 5.41) is 16.5. The zero-order valence-electron chi connectivity index (χ0n) is 8.94. The van der Waals surface area contributed by atoms with Crippen molar-refractivity contribution in [1.82, 2.24) is 19.3 Å². The molecule has 0 amide bonds. The van der Waals surface area contributed by atoms with Crippen LogP contribution < -0.4 is 0 Å². The van der Waals surface area contributed by atoms with Crippen molar-refractivity contribution in [2.45, 2.75) is 19.1 Å². The van der Waals surface area contributed by atoms with Gasteiger partial charge in [-0.2, -0.15) is 4.31 Å². The van der Waals surface area contributed by atoms with Gasteiger partial charge in [0.25, 0.3) is 0 Å². The van der Waals surface area contributed by atoms with Gasteiger partial charge in [-0.1, -0.05) is 5.21 Å². The summed E-state index contributed by atoms with van der Waals surface area (Å²) in [5.41, 5.74) is 0.498. The number of rotatable bonds is 3. The van der Waals surface area contributed by atoms with Crippen LogP contribution in [0.5, 0.6) is 0 Å². The van der Waals surface area contributed by atoms with Gasteiger partial charge in [-0.25, -0.2) is 13.1 Å². The minimum atomic E-state index is -3.12. The van der Waals surface area contributed by atoms with Gasteiger partial charge >= 0.3 is 0 Å². The van der Waals surface area contributed by atoms with Crippen LogP contribution >= 0.6 is 0 Å². The Morgan fingerprint density at radius 1 is 1.62 bits per heavy atom. The molecular formula is C8H14N4O3S. The smallest absolute Gasteiger partial charge is 0.211 e. The molecule has 90 valence electrons. The lowest BCUT2D eigenvalue weighted by molar-refractivity contribution is 0.276. The van der Waals surface area contributed by atoms with Gasteiger partial charge in [-0.3, -0.25) is 0 Å². The Bertz CT molecular complexity index is 469. The number of hydrogen-bond acceptors (Lipinski definition) is 5. The van der Waals surface area contributed by atoms with Crippen molar-refractivity contribution in [2.75, 3.05) is 19.3 Å².